The Balaban J connectivity index is 0.000000858. The molecule has 10 nitrogen and oxygen atoms in total. The fourth-order valence-corrected chi connectivity index (χ4v) is 3.68. The van der Waals surface area contributed by atoms with Crippen LogP contribution in [0.25, 0.3) is 0 Å². The predicted octanol–water partition coefficient (Wildman–Crippen LogP) is 0.520. The number of amides is 2. The van der Waals surface area contributed by atoms with Crippen LogP contribution in [0.3, 0.4) is 0 Å². The van der Waals surface area contributed by atoms with Gasteiger partial charge in [-0.2, -0.15) is 0 Å². The average molecular weight is 422 g/mol. The van der Waals surface area contributed by atoms with Gasteiger partial charge in [0.1, 0.15) is 6.33 Å². The van der Waals surface area contributed by atoms with E-state index in [1.54, 1.807) is 4.90 Å². The number of rotatable bonds is 6. The maximum Gasteiger partial charge on any atom is 0.290 e. The summed E-state index contributed by atoms with van der Waals surface area (Å²) in [5, 5.41) is 18.1. The Morgan fingerprint density at radius 3 is 2.19 bits per heavy atom. The van der Waals surface area contributed by atoms with E-state index in [0.29, 0.717) is 6.42 Å². The average Bonchev–Trinajstić information content (AvgIpc) is 3.26. The van der Waals surface area contributed by atoms with Crippen LogP contribution in [0.5, 0.6) is 0 Å². The minimum Gasteiger partial charge on any atom is -0.483 e. The standard InChI is InChI=1S/C20H20N6O2.CH2O2/c21-19(28)20(11-15-7-3-1-4-8-15)12-25(13-20)18(27)17(26-14-22-23-24-26)16-9-5-2-6-10-16;2-1-3/h1-10,14,17H,11-13H2,(H2,21,28);1H,(H,2,3). The lowest BCUT2D eigenvalue weighted by atomic mass is 9.73. The lowest BCUT2D eigenvalue weighted by Crippen LogP contribution is -2.65. The molecule has 1 unspecified atom stereocenters. The van der Waals surface area contributed by atoms with Crippen molar-refractivity contribution < 1.29 is 19.5 Å². The summed E-state index contributed by atoms with van der Waals surface area (Å²) < 4.78 is 1.43. The highest BCUT2D eigenvalue weighted by molar-refractivity contribution is 5.89. The second-order valence-corrected chi connectivity index (χ2v) is 7.21. The van der Waals surface area contributed by atoms with Gasteiger partial charge < -0.3 is 15.7 Å². The first kappa shape index (κ1) is 21.6. The summed E-state index contributed by atoms with van der Waals surface area (Å²) >= 11 is 0. The van der Waals surface area contributed by atoms with Crippen molar-refractivity contribution in [1.29, 1.82) is 0 Å². The highest BCUT2D eigenvalue weighted by atomic mass is 16.3. The molecule has 0 radical (unpaired) electrons. The molecule has 160 valence electrons. The molecule has 1 atom stereocenters. The minimum atomic E-state index is -0.751. The zero-order valence-electron chi connectivity index (χ0n) is 16.6. The van der Waals surface area contributed by atoms with E-state index in [4.69, 9.17) is 15.6 Å². The molecule has 1 aliphatic heterocycles. The van der Waals surface area contributed by atoms with Crippen molar-refractivity contribution in [3.63, 3.8) is 0 Å². The van der Waals surface area contributed by atoms with E-state index in [9.17, 15) is 9.59 Å². The molecule has 3 N–H and O–H groups in total. The molecule has 10 heteroatoms. The molecule has 0 spiro atoms. The Morgan fingerprint density at radius 2 is 1.68 bits per heavy atom. The third kappa shape index (κ3) is 4.74. The largest absolute Gasteiger partial charge is 0.483 e. The molecule has 2 heterocycles. The van der Waals surface area contributed by atoms with Crippen molar-refractivity contribution in [3.05, 3.63) is 78.1 Å². The molecule has 4 rings (SSSR count). The van der Waals surface area contributed by atoms with Crippen LogP contribution in [-0.4, -0.2) is 61.6 Å². The van der Waals surface area contributed by atoms with Crippen LogP contribution in [0.1, 0.15) is 17.2 Å². The number of tetrazole rings is 1. The highest BCUT2D eigenvalue weighted by Crippen LogP contribution is 2.36. The normalized spacial score (nSPS) is 15.0. The number of carboxylic acid groups (broad SMARTS) is 1. The second-order valence-electron chi connectivity index (χ2n) is 7.21. The quantitative estimate of drug-likeness (QED) is 0.551. The zero-order valence-corrected chi connectivity index (χ0v) is 16.6. The Kier molecular flexibility index (Phi) is 6.71. The van der Waals surface area contributed by atoms with Gasteiger partial charge in [-0.1, -0.05) is 60.7 Å². The van der Waals surface area contributed by atoms with Gasteiger partial charge in [-0.05, 0) is 28.0 Å². The molecule has 2 aromatic carbocycles. The van der Waals surface area contributed by atoms with Gasteiger partial charge in [0.2, 0.25) is 5.91 Å². The minimum absolute atomic E-state index is 0.163. The van der Waals surface area contributed by atoms with Crippen molar-refractivity contribution in [1.82, 2.24) is 25.1 Å². The number of benzene rings is 2. The Hall–Kier alpha value is -4.08. The molecule has 1 fully saturated rings. The van der Waals surface area contributed by atoms with Crippen molar-refractivity contribution in [2.24, 2.45) is 11.1 Å². The van der Waals surface area contributed by atoms with Crippen molar-refractivity contribution >= 4 is 18.3 Å². The van der Waals surface area contributed by atoms with Gasteiger partial charge in [0, 0.05) is 13.1 Å². The number of hydrogen-bond acceptors (Lipinski definition) is 6. The number of nitrogens with zero attached hydrogens (tertiary/aromatic N) is 5. The first-order valence-corrected chi connectivity index (χ1v) is 9.48. The van der Waals surface area contributed by atoms with E-state index in [0.717, 1.165) is 11.1 Å². The van der Waals surface area contributed by atoms with Gasteiger partial charge in [-0.3, -0.25) is 14.4 Å². The summed E-state index contributed by atoms with van der Waals surface area (Å²) in [6.45, 7) is 0.309. The molecule has 31 heavy (non-hydrogen) atoms. The van der Waals surface area contributed by atoms with Crippen LogP contribution in [0.4, 0.5) is 0 Å². The molecule has 0 saturated carbocycles. The smallest absolute Gasteiger partial charge is 0.290 e. The fraction of sp³-hybridized carbons (Fsp3) is 0.238. The van der Waals surface area contributed by atoms with Gasteiger partial charge in [-0.15, -0.1) is 5.10 Å². The zero-order chi connectivity index (χ0) is 22.3. The van der Waals surface area contributed by atoms with E-state index in [1.165, 1.54) is 11.0 Å². The maximum atomic E-state index is 13.2. The van der Waals surface area contributed by atoms with Crippen LogP contribution < -0.4 is 5.73 Å². The van der Waals surface area contributed by atoms with E-state index in [-0.39, 0.29) is 31.4 Å². The molecule has 0 bridgehead atoms. The van der Waals surface area contributed by atoms with E-state index in [2.05, 4.69) is 15.5 Å². The maximum absolute atomic E-state index is 13.2. The molecule has 2 amide bonds. The van der Waals surface area contributed by atoms with E-state index in [1.807, 2.05) is 60.7 Å². The van der Waals surface area contributed by atoms with E-state index >= 15 is 0 Å². The number of carbonyl (C=O) groups is 3. The van der Waals surface area contributed by atoms with E-state index < -0.39 is 11.5 Å². The summed E-state index contributed by atoms with van der Waals surface area (Å²) in [5.41, 5.74) is 6.76. The van der Waals surface area contributed by atoms with Crippen LogP contribution >= 0.6 is 0 Å². The van der Waals surface area contributed by atoms with Crippen molar-refractivity contribution in [2.75, 3.05) is 13.1 Å². The molecule has 1 aromatic heterocycles. The Morgan fingerprint density at radius 1 is 1.10 bits per heavy atom. The number of aromatic nitrogens is 4. The third-order valence-electron chi connectivity index (χ3n) is 5.19. The van der Waals surface area contributed by atoms with Crippen molar-refractivity contribution in [3.8, 4) is 0 Å². The second kappa shape index (κ2) is 9.61. The first-order valence-electron chi connectivity index (χ1n) is 9.48. The summed E-state index contributed by atoms with van der Waals surface area (Å²) in [6.07, 6.45) is 1.93. The highest BCUT2D eigenvalue weighted by Gasteiger charge is 2.51. The summed E-state index contributed by atoms with van der Waals surface area (Å²) in [6, 6.07) is 18.3. The predicted molar refractivity (Wildman–Crippen MR) is 109 cm³/mol. The lowest BCUT2D eigenvalue weighted by molar-refractivity contribution is -0.153. The Labute approximate surface area is 178 Å². The molecule has 1 aliphatic rings. The number of hydrogen-bond donors (Lipinski definition) is 2. The fourth-order valence-electron chi connectivity index (χ4n) is 3.68. The molecular formula is C21H22N6O4. The molecule has 3 aromatic rings. The van der Waals surface area contributed by atoms with Crippen LogP contribution in [-0.2, 0) is 20.8 Å². The SMILES string of the molecule is NC(=O)C1(Cc2ccccc2)CN(C(=O)C(c2ccccc2)n2cnnn2)C1.O=CO. The number of carbonyl (C=O) groups excluding carboxylic acids is 2. The van der Waals surface area contributed by atoms with Gasteiger partial charge in [0.25, 0.3) is 12.4 Å². The van der Waals surface area contributed by atoms with Gasteiger partial charge in [-0.25, -0.2) is 4.68 Å². The molecule has 1 saturated heterocycles. The number of primary amides is 1. The van der Waals surface area contributed by atoms with Crippen LogP contribution in [0, 0.1) is 5.41 Å². The van der Waals surface area contributed by atoms with Gasteiger partial charge in [0.15, 0.2) is 6.04 Å². The van der Waals surface area contributed by atoms with Crippen molar-refractivity contribution in [2.45, 2.75) is 12.5 Å². The van der Waals surface area contributed by atoms with Gasteiger partial charge >= 0.3 is 0 Å². The topological polar surface area (TPSA) is 144 Å². The lowest BCUT2D eigenvalue weighted by Gasteiger charge is -2.49. The number of likely N-dealkylation sites (tertiary alicyclic amines) is 1. The monoisotopic (exact) mass is 422 g/mol. The van der Waals surface area contributed by atoms with Crippen LogP contribution in [0.15, 0.2) is 67.0 Å². The third-order valence-corrected chi connectivity index (χ3v) is 5.19. The van der Waals surface area contributed by atoms with Crippen LogP contribution in [0.2, 0.25) is 0 Å². The van der Waals surface area contributed by atoms with Gasteiger partial charge in [0.05, 0.1) is 5.41 Å². The summed E-state index contributed by atoms with van der Waals surface area (Å²) in [7, 11) is 0. The Bertz CT molecular complexity index is 1000. The first-order chi connectivity index (χ1) is 15.0. The summed E-state index contributed by atoms with van der Waals surface area (Å²) in [4.78, 5) is 35.4. The molecular weight excluding hydrogens is 400 g/mol. The molecule has 0 aliphatic carbocycles. The number of nitrogens with two attached hydrogens (primary N) is 1. The summed E-state index contributed by atoms with van der Waals surface area (Å²) in [5.74, 6) is -0.553.